The fourth-order valence-electron chi connectivity index (χ4n) is 4.38. The number of carbonyl (C=O) groups is 1. The molecule has 1 saturated heterocycles. The zero-order valence-electron chi connectivity index (χ0n) is 17.5. The van der Waals surface area contributed by atoms with Crippen LogP contribution in [-0.2, 0) is 24.2 Å². The summed E-state index contributed by atoms with van der Waals surface area (Å²) in [6.45, 7) is 1.68. The zero-order valence-corrected chi connectivity index (χ0v) is 17.5. The lowest BCUT2D eigenvalue weighted by atomic mass is 10.1. The summed E-state index contributed by atoms with van der Waals surface area (Å²) in [6, 6.07) is 21.1. The Bertz CT molecular complexity index is 923. The monoisotopic (exact) mass is 402 g/mol. The van der Waals surface area contributed by atoms with Crippen LogP contribution < -0.4 is 0 Å². The van der Waals surface area contributed by atoms with Crippen molar-refractivity contribution >= 4 is 5.91 Å². The van der Waals surface area contributed by atoms with Gasteiger partial charge in [-0.2, -0.15) is 0 Å². The molecule has 1 aliphatic heterocycles. The Kier molecular flexibility index (Phi) is 6.91. The van der Waals surface area contributed by atoms with E-state index in [0.29, 0.717) is 18.4 Å². The van der Waals surface area contributed by atoms with Crippen LogP contribution >= 0.6 is 0 Å². The third-order valence-electron chi connectivity index (χ3n) is 5.99. The van der Waals surface area contributed by atoms with E-state index in [1.54, 1.807) is 0 Å². The molecule has 30 heavy (non-hydrogen) atoms. The summed E-state index contributed by atoms with van der Waals surface area (Å²) in [4.78, 5) is 14.9. The second-order valence-electron chi connectivity index (χ2n) is 8.12. The average Bonchev–Trinajstić information content (AvgIpc) is 3.43. The Hall–Kier alpha value is -2.95. The molecule has 0 aliphatic carbocycles. The van der Waals surface area contributed by atoms with E-state index >= 15 is 0 Å². The van der Waals surface area contributed by atoms with Gasteiger partial charge >= 0.3 is 0 Å². The molecule has 0 radical (unpaired) electrons. The van der Waals surface area contributed by atoms with Gasteiger partial charge in [0.15, 0.2) is 0 Å². The van der Waals surface area contributed by atoms with Crippen LogP contribution in [0.3, 0.4) is 0 Å². The van der Waals surface area contributed by atoms with Crippen molar-refractivity contribution in [3.8, 4) is 0 Å². The minimum absolute atomic E-state index is 0.305. The number of aryl methyl sites for hydroxylation is 2. The van der Waals surface area contributed by atoms with Gasteiger partial charge in [0, 0.05) is 25.4 Å². The molecule has 1 atom stereocenters. The van der Waals surface area contributed by atoms with Crippen LogP contribution in [0.1, 0.15) is 49.1 Å². The Morgan fingerprint density at radius 2 is 1.70 bits per heavy atom. The molecule has 1 fully saturated rings. The highest BCUT2D eigenvalue weighted by Crippen LogP contribution is 2.23. The molecule has 0 spiro atoms. The molecule has 5 heteroatoms. The van der Waals surface area contributed by atoms with E-state index < -0.39 is 0 Å². The lowest BCUT2D eigenvalue weighted by Gasteiger charge is -2.25. The first-order valence-corrected chi connectivity index (χ1v) is 11.0. The quantitative estimate of drug-likeness (QED) is 0.537. The summed E-state index contributed by atoms with van der Waals surface area (Å²) < 4.78 is 2.12. The van der Waals surface area contributed by atoms with E-state index in [1.165, 1.54) is 11.1 Å². The first-order chi connectivity index (χ1) is 14.8. The van der Waals surface area contributed by atoms with Gasteiger partial charge in [-0.1, -0.05) is 60.7 Å². The molecular formula is C25H30N4O. The highest BCUT2D eigenvalue weighted by atomic mass is 16.2. The molecule has 1 aromatic heterocycles. The summed E-state index contributed by atoms with van der Waals surface area (Å²) in [6.07, 6.45) is 8.33. The summed E-state index contributed by atoms with van der Waals surface area (Å²) in [7, 11) is 0. The van der Waals surface area contributed by atoms with E-state index in [4.69, 9.17) is 0 Å². The van der Waals surface area contributed by atoms with Gasteiger partial charge in [-0.15, -0.1) is 10.2 Å². The average molecular weight is 403 g/mol. The fraction of sp³-hybridized carbons (Fsp3) is 0.400. The van der Waals surface area contributed by atoms with Crippen molar-refractivity contribution in [1.82, 2.24) is 19.7 Å². The molecule has 5 nitrogen and oxygen atoms in total. The first-order valence-electron chi connectivity index (χ1n) is 11.0. The number of likely N-dealkylation sites (tertiary alicyclic amines) is 1. The predicted octanol–water partition coefficient (Wildman–Crippen LogP) is 4.27. The van der Waals surface area contributed by atoms with Crippen LogP contribution in [0.5, 0.6) is 0 Å². The van der Waals surface area contributed by atoms with E-state index in [-0.39, 0.29) is 0 Å². The number of amides is 1. The van der Waals surface area contributed by atoms with Gasteiger partial charge in [0.2, 0.25) is 5.91 Å². The van der Waals surface area contributed by atoms with E-state index in [1.807, 2.05) is 18.5 Å². The summed E-state index contributed by atoms with van der Waals surface area (Å²) in [5.74, 6) is 1.31. The van der Waals surface area contributed by atoms with Gasteiger partial charge in [-0.3, -0.25) is 4.79 Å². The number of hydrogen-bond acceptors (Lipinski definition) is 3. The molecule has 156 valence electrons. The third kappa shape index (κ3) is 5.35. The maximum atomic E-state index is 12.8. The number of carbonyl (C=O) groups excluding carboxylic acids is 1. The molecule has 2 aromatic carbocycles. The number of hydrogen-bond donors (Lipinski definition) is 0. The van der Waals surface area contributed by atoms with Crippen LogP contribution in [0.25, 0.3) is 0 Å². The Balaban J connectivity index is 1.27. The first kappa shape index (κ1) is 20.3. The fourth-order valence-corrected chi connectivity index (χ4v) is 4.38. The molecule has 2 heterocycles. The molecule has 3 aromatic rings. The minimum Gasteiger partial charge on any atom is -0.340 e. The standard InChI is InChI=1S/C25H30N4O/c30-25(15-7-13-21-9-3-1-4-10-21)29-18-8-14-23(29)16-17-24-27-26-20-28(24)19-22-11-5-2-6-12-22/h1-6,9-12,20,23H,7-8,13-19H2. The zero-order chi connectivity index (χ0) is 20.6. The van der Waals surface area contributed by atoms with Crippen LogP contribution in [0.15, 0.2) is 67.0 Å². The highest BCUT2D eigenvalue weighted by molar-refractivity contribution is 5.76. The molecule has 0 N–H and O–H groups in total. The van der Waals surface area contributed by atoms with Gasteiger partial charge in [0.25, 0.3) is 0 Å². The molecule has 4 rings (SSSR count). The molecule has 1 aliphatic rings. The van der Waals surface area contributed by atoms with Crippen molar-refractivity contribution in [2.75, 3.05) is 6.54 Å². The van der Waals surface area contributed by atoms with Gasteiger partial charge in [0.05, 0.1) is 6.54 Å². The van der Waals surface area contributed by atoms with Crippen molar-refractivity contribution in [2.24, 2.45) is 0 Å². The normalized spacial score (nSPS) is 16.1. The van der Waals surface area contributed by atoms with Crippen molar-refractivity contribution in [3.63, 3.8) is 0 Å². The van der Waals surface area contributed by atoms with Crippen LogP contribution in [0.4, 0.5) is 0 Å². The van der Waals surface area contributed by atoms with Crippen molar-refractivity contribution in [3.05, 3.63) is 83.9 Å². The van der Waals surface area contributed by atoms with E-state index in [0.717, 1.165) is 57.4 Å². The van der Waals surface area contributed by atoms with Gasteiger partial charge in [-0.25, -0.2) is 0 Å². The van der Waals surface area contributed by atoms with Crippen LogP contribution in [0.2, 0.25) is 0 Å². The topological polar surface area (TPSA) is 51.0 Å². The second-order valence-corrected chi connectivity index (χ2v) is 8.12. The van der Waals surface area contributed by atoms with Crippen LogP contribution in [0, 0.1) is 0 Å². The third-order valence-corrected chi connectivity index (χ3v) is 5.99. The largest absolute Gasteiger partial charge is 0.340 e. The smallest absolute Gasteiger partial charge is 0.222 e. The van der Waals surface area contributed by atoms with E-state index in [2.05, 4.69) is 68.2 Å². The predicted molar refractivity (Wildman–Crippen MR) is 118 cm³/mol. The number of benzene rings is 2. The van der Waals surface area contributed by atoms with E-state index in [9.17, 15) is 4.79 Å². The number of nitrogens with zero attached hydrogens (tertiary/aromatic N) is 4. The summed E-state index contributed by atoms with van der Waals surface area (Å²) in [5, 5.41) is 8.46. The van der Waals surface area contributed by atoms with Gasteiger partial charge < -0.3 is 9.47 Å². The van der Waals surface area contributed by atoms with Crippen LogP contribution in [-0.4, -0.2) is 38.2 Å². The van der Waals surface area contributed by atoms with Gasteiger partial charge in [0.1, 0.15) is 12.2 Å². The summed E-state index contributed by atoms with van der Waals surface area (Å²) in [5.41, 5.74) is 2.55. The highest BCUT2D eigenvalue weighted by Gasteiger charge is 2.28. The van der Waals surface area contributed by atoms with Gasteiger partial charge in [-0.05, 0) is 43.2 Å². The Labute approximate surface area is 178 Å². The maximum absolute atomic E-state index is 12.8. The van der Waals surface area contributed by atoms with Crippen molar-refractivity contribution in [1.29, 1.82) is 0 Å². The Morgan fingerprint density at radius 1 is 0.967 bits per heavy atom. The molecule has 0 saturated carbocycles. The SMILES string of the molecule is O=C(CCCc1ccccc1)N1CCCC1CCc1nncn1Cc1ccccc1. The van der Waals surface area contributed by atoms with Crippen molar-refractivity contribution < 1.29 is 4.79 Å². The lowest BCUT2D eigenvalue weighted by Crippen LogP contribution is -2.35. The lowest BCUT2D eigenvalue weighted by molar-refractivity contribution is -0.132. The number of aromatic nitrogens is 3. The molecular weight excluding hydrogens is 372 g/mol. The maximum Gasteiger partial charge on any atom is 0.222 e. The number of rotatable bonds is 9. The Morgan fingerprint density at radius 3 is 2.47 bits per heavy atom. The molecule has 1 amide bonds. The minimum atomic E-state index is 0.305. The summed E-state index contributed by atoms with van der Waals surface area (Å²) >= 11 is 0. The second kappa shape index (κ2) is 10.2. The van der Waals surface area contributed by atoms with Crippen molar-refractivity contribution in [2.45, 2.75) is 57.5 Å². The molecule has 1 unspecified atom stereocenters. The molecule has 0 bridgehead atoms.